The Balaban J connectivity index is 1.45. The van der Waals surface area contributed by atoms with Crippen LogP contribution in [0, 0.1) is 11.8 Å². The Bertz CT molecular complexity index is 744. The molecule has 0 aromatic carbocycles. The van der Waals surface area contributed by atoms with Crippen LogP contribution in [-0.2, 0) is 27.9 Å². The van der Waals surface area contributed by atoms with Gasteiger partial charge in [0, 0.05) is 56.8 Å². The van der Waals surface area contributed by atoms with Crippen LogP contribution in [0.3, 0.4) is 0 Å². The van der Waals surface area contributed by atoms with Crippen LogP contribution in [0.5, 0.6) is 0 Å². The molecule has 3 fully saturated rings. The summed E-state index contributed by atoms with van der Waals surface area (Å²) in [4.78, 5) is 27.3. The molecule has 1 aliphatic carbocycles. The van der Waals surface area contributed by atoms with E-state index in [9.17, 15) is 9.59 Å². The van der Waals surface area contributed by atoms with Crippen molar-refractivity contribution in [1.29, 1.82) is 0 Å². The normalized spacial score (nSPS) is 29.2. The highest BCUT2D eigenvalue weighted by Gasteiger charge is 2.51. The number of amides is 2. The average Bonchev–Trinajstić information content (AvgIpc) is 3.05. The van der Waals surface area contributed by atoms with Crippen LogP contribution in [0.1, 0.15) is 45.2 Å². The molecule has 8 nitrogen and oxygen atoms in total. The van der Waals surface area contributed by atoms with Crippen LogP contribution < -0.4 is 10.6 Å². The van der Waals surface area contributed by atoms with Crippen LogP contribution in [0.4, 0.5) is 0 Å². The molecule has 8 heteroatoms. The van der Waals surface area contributed by atoms with Gasteiger partial charge < -0.3 is 15.4 Å². The van der Waals surface area contributed by atoms with Gasteiger partial charge in [-0.3, -0.25) is 19.2 Å². The Morgan fingerprint density at radius 2 is 2.07 bits per heavy atom. The van der Waals surface area contributed by atoms with Gasteiger partial charge in [0.15, 0.2) is 0 Å². The molecule has 4 atom stereocenters. The number of hydrogen-bond donors (Lipinski definition) is 2. The molecular formula is C21H33N5O3. The number of aryl methyl sites for hydroxylation is 1. The lowest BCUT2D eigenvalue weighted by molar-refractivity contribution is -0.124. The maximum absolute atomic E-state index is 12.5. The molecule has 2 amide bonds. The number of aromatic nitrogens is 2. The zero-order chi connectivity index (χ0) is 20.5. The minimum atomic E-state index is -0.133. The van der Waals surface area contributed by atoms with Crippen molar-refractivity contribution < 1.29 is 14.3 Å². The smallest absolute Gasteiger partial charge is 0.222 e. The van der Waals surface area contributed by atoms with E-state index in [-0.39, 0.29) is 41.8 Å². The molecule has 29 heavy (non-hydrogen) atoms. The fourth-order valence-corrected chi connectivity index (χ4v) is 4.87. The van der Waals surface area contributed by atoms with E-state index < -0.39 is 0 Å². The quantitative estimate of drug-likeness (QED) is 0.671. The van der Waals surface area contributed by atoms with Gasteiger partial charge in [-0.15, -0.1) is 0 Å². The Kier molecular flexibility index (Phi) is 5.92. The Morgan fingerprint density at radius 3 is 2.72 bits per heavy atom. The molecule has 160 valence electrons. The van der Waals surface area contributed by atoms with Crippen molar-refractivity contribution in [3.05, 3.63) is 18.0 Å². The van der Waals surface area contributed by atoms with Crippen molar-refractivity contribution >= 4 is 11.8 Å². The number of nitrogens with one attached hydrogen (secondary N) is 2. The van der Waals surface area contributed by atoms with Gasteiger partial charge in [0.1, 0.15) is 0 Å². The second kappa shape index (κ2) is 8.44. The summed E-state index contributed by atoms with van der Waals surface area (Å²) in [5, 5.41) is 10.6. The van der Waals surface area contributed by atoms with E-state index >= 15 is 0 Å². The van der Waals surface area contributed by atoms with E-state index in [2.05, 4.69) is 20.6 Å². The number of ether oxygens (including phenoxy) is 1. The second-order valence-electron chi connectivity index (χ2n) is 9.16. The maximum Gasteiger partial charge on any atom is 0.222 e. The Hall–Kier alpha value is -1.93. The van der Waals surface area contributed by atoms with Gasteiger partial charge in [-0.25, -0.2) is 0 Å². The van der Waals surface area contributed by atoms with Crippen molar-refractivity contribution in [3.8, 4) is 0 Å². The van der Waals surface area contributed by atoms with E-state index in [0.717, 1.165) is 31.6 Å². The minimum absolute atomic E-state index is 0.0232. The first kappa shape index (κ1) is 20.3. The predicted octanol–water partition coefficient (Wildman–Crippen LogP) is 0.819. The summed E-state index contributed by atoms with van der Waals surface area (Å²) in [5.74, 6) is 0.548. The molecule has 0 spiro atoms. The number of nitrogens with zero attached hydrogens (tertiary/aromatic N) is 3. The van der Waals surface area contributed by atoms with E-state index in [0.29, 0.717) is 25.5 Å². The molecule has 0 unspecified atom stereocenters. The van der Waals surface area contributed by atoms with Gasteiger partial charge in [-0.2, -0.15) is 5.10 Å². The monoisotopic (exact) mass is 403 g/mol. The number of fused-ring (bicyclic) bond motifs is 1. The summed E-state index contributed by atoms with van der Waals surface area (Å²) in [6.07, 6.45) is 4.86. The summed E-state index contributed by atoms with van der Waals surface area (Å²) in [6.45, 7) is 6.13. The zero-order valence-corrected chi connectivity index (χ0v) is 17.6. The lowest BCUT2D eigenvalue weighted by Crippen LogP contribution is -2.37. The lowest BCUT2D eigenvalue weighted by atomic mass is 9.84. The van der Waals surface area contributed by atoms with Crippen molar-refractivity contribution in [3.63, 3.8) is 0 Å². The molecule has 2 N–H and O–H groups in total. The number of likely N-dealkylation sites (tertiary alicyclic amines) is 1. The van der Waals surface area contributed by atoms with Gasteiger partial charge in [-0.1, -0.05) is 0 Å². The fraction of sp³-hybridized carbons (Fsp3) is 0.762. The largest absolute Gasteiger partial charge is 0.376 e. The highest BCUT2D eigenvalue weighted by Crippen LogP contribution is 2.42. The molecule has 3 aliphatic rings. The summed E-state index contributed by atoms with van der Waals surface area (Å²) in [7, 11) is 1.92. The average molecular weight is 404 g/mol. The predicted molar refractivity (Wildman–Crippen MR) is 108 cm³/mol. The summed E-state index contributed by atoms with van der Waals surface area (Å²) >= 11 is 0. The van der Waals surface area contributed by atoms with Crippen molar-refractivity contribution in [2.75, 3.05) is 13.2 Å². The maximum atomic E-state index is 12.5. The van der Waals surface area contributed by atoms with Crippen LogP contribution >= 0.6 is 0 Å². The van der Waals surface area contributed by atoms with Gasteiger partial charge in [0.2, 0.25) is 11.8 Å². The molecule has 4 rings (SSSR count). The highest BCUT2D eigenvalue weighted by molar-refractivity contribution is 5.77. The van der Waals surface area contributed by atoms with Crippen LogP contribution in [-0.4, -0.2) is 63.9 Å². The molecule has 1 aromatic heterocycles. The summed E-state index contributed by atoms with van der Waals surface area (Å²) < 4.78 is 7.90. The first-order valence-corrected chi connectivity index (χ1v) is 10.8. The number of carbonyl (C=O) groups excluding carboxylic acids is 2. The first-order valence-electron chi connectivity index (χ1n) is 10.8. The van der Waals surface area contributed by atoms with Crippen molar-refractivity contribution in [1.82, 2.24) is 25.3 Å². The molecule has 1 aromatic rings. The Morgan fingerprint density at radius 1 is 1.28 bits per heavy atom. The van der Waals surface area contributed by atoms with Gasteiger partial charge >= 0.3 is 0 Å². The molecule has 3 heterocycles. The third-order valence-corrected chi connectivity index (χ3v) is 6.20. The Labute approximate surface area is 172 Å². The van der Waals surface area contributed by atoms with E-state index in [1.54, 1.807) is 0 Å². The van der Waals surface area contributed by atoms with Crippen molar-refractivity contribution in [2.45, 2.75) is 70.3 Å². The van der Waals surface area contributed by atoms with Gasteiger partial charge in [-0.05, 0) is 38.7 Å². The zero-order valence-electron chi connectivity index (χ0n) is 17.6. The topological polar surface area (TPSA) is 88.5 Å². The molecule has 1 saturated carbocycles. The van der Waals surface area contributed by atoms with Crippen molar-refractivity contribution in [2.24, 2.45) is 18.9 Å². The molecule has 2 aliphatic heterocycles. The minimum Gasteiger partial charge on any atom is -0.376 e. The first-order chi connectivity index (χ1) is 13.9. The fourth-order valence-electron chi connectivity index (χ4n) is 4.87. The molecule has 0 bridgehead atoms. The standard InChI is InChI=1S/C21H33N5O3/c1-13(2)22-20(28)9-18-21-14(8-19(27)23-15-4-5-15)10-26(17(21)12-29-18)11-16-6-7-25(3)24-16/h6-7,13-15,17-18,21H,4-5,8-12H2,1-3H3,(H,22,28)(H,23,27)/t14-,17-,18+,21-/m1/s1. The van der Waals surface area contributed by atoms with Gasteiger partial charge in [0.05, 0.1) is 24.8 Å². The van der Waals surface area contributed by atoms with Crippen LogP contribution in [0.2, 0.25) is 0 Å². The van der Waals surface area contributed by atoms with Crippen LogP contribution in [0.25, 0.3) is 0 Å². The third kappa shape index (κ3) is 4.98. The summed E-state index contributed by atoms with van der Waals surface area (Å²) in [5.41, 5.74) is 1.02. The molecule has 0 radical (unpaired) electrons. The van der Waals surface area contributed by atoms with E-state index in [4.69, 9.17) is 4.74 Å². The number of carbonyl (C=O) groups is 2. The lowest BCUT2D eigenvalue weighted by Gasteiger charge is -2.23. The second-order valence-corrected chi connectivity index (χ2v) is 9.16. The summed E-state index contributed by atoms with van der Waals surface area (Å²) in [6, 6.07) is 2.75. The van der Waals surface area contributed by atoms with Gasteiger partial charge in [0.25, 0.3) is 0 Å². The SMILES string of the molecule is CC(C)NC(=O)C[C@@H]1OC[C@@H]2[C@H]1[C@H](CC(=O)NC1CC1)CN2Cc1ccn(C)n1. The highest BCUT2D eigenvalue weighted by atomic mass is 16.5. The molecular weight excluding hydrogens is 370 g/mol. The number of hydrogen-bond acceptors (Lipinski definition) is 5. The third-order valence-electron chi connectivity index (χ3n) is 6.20. The van der Waals surface area contributed by atoms with Crippen LogP contribution in [0.15, 0.2) is 12.3 Å². The number of rotatable bonds is 8. The molecule has 2 saturated heterocycles. The van der Waals surface area contributed by atoms with E-state index in [1.165, 1.54) is 0 Å². The van der Waals surface area contributed by atoms with E-state index in [1.807, 2.05) is 37.8 Å².